The summed E-state index contributed by atoms with van der Waals surface area (Å²) in [7, 11) is -2.56. The van der Waals surface area contributed by atoms with Crippen LogP contribution in [0.25, 0.3) is 0 Å². The maximum Gasteiger partial charge on any atom is 0.281 e. The number of hydrogen-bond donors (Lipinski definition) is 2. The highest BCUT2D eigenvalue weighted by atomic mass is 32.2. The molecule has 1 heterocycles. The van der Waals surface area contributed by atoms with Gasteiger partial charge in [0, 0.05) is 13.2 Å². The summed E-state index contributed by atoms with van der Waals surface area (Å²) >= 11 is 0. The van der Waals surface area contributed by atoms with E-state index in [2.05, 4.69) is 15.0 Å². The molecule has 2 N–H and O–H groups in total. The highest BCUT2D eigenvalue weighted by Crippen LogP contribution is 2.33. The minimum absolute atomic E-state index is 0.135. The van der Waals surface area contributed by atoms with Crippen LogP contribution in [0.15, 0.2) is 41.6 Å². The van der Waals surface area contributed by atoms with Crippen molar-refractivity contribution in [1.29, 1.82) is 0 Å². The average Bonchev–Trinajstić information content (AvgIpc) is 2.96. The number of rotatable bonds is 5. The first-order valence-electron chi connectivity index (χ1n) is 8.12. The molecule has 1 aromatic heterocycles. The van der Waals surface area contributed by atoms with Crippen LogP contribution in [0.5, 0.6) is 0 Å². The van der Waals surface area contributed by atoms with E-state index in [1.54, 1.807) is 27.0 Å². The molecule has 0 spiro atoms. The summed E-state index contributed by atoms with van der Waals surface area (Å²) in [5, 5.41) is 2.14. The molecular formula is C18H17F3N4O2S. The number of benzene rings is 2. The van der Waals surface area contributed by atoms with Gasteiger partial charge in [0.25, 0.3) is 10.0 Å². The molecule has 0 radical (unpaired) electrons. The van der Waals surface area contributed by atoms with Crippen LogP contribution in [0.1, 0.15) is 11.4 Å². The zero-order chi connectivity index (χ0) is 20.6. The molecule has 0 amide bonds. The highest BCUT2D eigenvalue weighted by molar-refractivity contribution is 7.92. The number of imidazole rings is 1. The molecule has 0 unspecified atom stereocenters. The van der Waals surface area contributed by atoms with Crippen LogP contribution in [0.4, 0.5) is 30.2 Å². The van der Waals surface area contributed by atoms with E-state index >= 15 is 0 Å². The molecule has 3 rings (SSSR count). The quantitative estimate of drug-likeness (QED) is 0.667. The summed E-state index contributed by atoms with van der Waals surface area (Å²) in [5.41, 5.74) is -0.334. The van der Waals surface area contributed by atoms with Crippen LogP contribution in [0, 0.1) is 31.3 Å². The fraction of sp³-hybridized carbons (Fsp3) is 0.167. The summed E-state index contributed by atoms with van der Waals surface area (Å²) in [4.78, 5) is 3.92. The molecule has 2 aromatic carbocycles. The number of nitrogens with one attached hydrogen (secondary N) is 2. The predicted molar refractivity (Wildman–Crippen MR) is 99.5 cm³/mol. The van der Waals surface area contributed by atoms with Gasteiger partial charge in [-0.25, -0.2) is 18.2 Å². The van der Waals surface area contributed by atoms with Crippen LogP contribution in [-0.4, -0.2) is 18.0 Å². The third kappa shape index (κ3) is 3.81. The molecule has 28 heavy (non-hydrogen) atoms. The van der Waals surface area contributed by atoms with Crippen LogP contribution in [-0.2, 0) is 17.1 Å². The maximum atomic E-state index is 14.4. The smallest absolute Gasteiger partial charge is 0.281 e. The number of sulfonamides is 1. The van der Waals surface area contributed by atoms with Crippen LogP contribution in [0.2, 0.25) is 0 Å². The molecule has 0 aliphatic heterocycles. The second-order valence-corrected chi connectivity index (χ2v) is 7.86. The van der Waals surface area contributed by atoms with Gasteiger partial charge in [0.2, 0.25) is 0 Å². The SMILES string of the molecule is Cc1ccc(Nc2c(NS(=O)(=O)c3cn(C)c(C)n3)ccc(F)c2F)c(F)c1. The molecule has 3 aromatic rings. The minimum Gasteiger partial charge on any atom is -0.349 e. The highest BCUT2D eigenvalue weighted by Gasteiger charge is 2.23. The van der Waals surface area contributed by atoms with E-state index in [0.29, 0.717) is 11.4 Å². The van der Waals surface area contributed by atoms with Gasteiger partial charge >= 0.3 is 0 Å². The van der Waals surface area contributed by atoms with Crippen molar-refractivity contribution in [3.05, 3.63) is 65.4 Å². The van der Waals surface area contributed by atoms with Gasteiger partial charge in [0.15, 0.2) is 16.7 Å². The first-order chi connectivity index (χ1) is 13.1. The van der Waals surface area contributed by atoms with Gasteiger partial charge in [-0.15, -0.1) is 0 Å². The third-order valence-corrected chi connectivity index (χ3v) is 5.32. The molecule has 0 aliphatic rings. The van der Waals surface area contributed by atoms with E-state index in [4.69, 9.17) is 0 Å². The normalized spacial score (nSPS) is 11.5. The summed E-state index contributed by atoms with van der Waals surface area (Å²) < 4.78 is 71.1. The van der Waals surface area contributed by atoms with Gasteiger partial charge in [0.1, 0.15) is 17.3 Å². The maximum absolute atomic E-state index is 14.4. The topological polar surface area (TPSA) is 76.0 Å². The van der Waals surface area contributed by atoms with Crippen molar-refractivity contribution in [3.8, 4) is 0 Å². The Hall–Kier alpha value is -3.01. The molecule has 148 valence electrons. The molecule has 0 aliphatic carbocycles. The Morgan fingerprint density at radius 2 is 1.68 bits per heavy atom. The summed E-state index contributed by atoms with van der Waals surface area (Å²) in [6, 6.07) is 5.94. The Bertz CT molecular complexity index is 1140. The van der Waals surface area contributed by atoms with E-state index in [-0.39, 0.29) is 16.4 Å². The molecule has 0 fully saturated rings. The van der Waals surface area contributed by atoms with Gasteiger partial charge in [-0.3, -0.25) is 4.72 Å². The van der Waals surface area contributed by atoms with Gasteiger partial charge < -0.3 is 9.88 Å². The standard InChI is InChI=1S/C18H17F3N4O2S/c1-10-4-6-14(13(20)8-10)23-18-15(7-5-12(19)17(18)21)24-28(26,27)16-9-25(3)11(2)22-16/h4-9,23-24H,1-3H3. The van der Waals surface area contributed by atoms with Crippen molar-refractivity contribution in [3.63, 3.8) is 0 Å². The van der Waals surface area contributed by atoms with Crippen LogP contribution >= 0.6 is 0 Å². The third-order valence-electron chi connectivity index (χ3n) is 4.09. The van der Waals surface area contributed by atoms with E-state index < -0.39 is 33.2 Å². The summed E-state index contributed by atoms with van der Waals surface area (Å²) in [6.45, 7) is 3.29. The number of hydrogen-bond acceptors (Lipinski definition) is 4. The molecule has 0 saturated carbocycles. The van der Waals surface area contributed by atoms with E-state index in [9.17, 15) is 21.6 Å². The van der Waals surface area contributed by atoms with Gasteiger partial charge in [-0.05, 0) is 43.7 Å². The number of nitrogens with zero attached hydrogens (tertiary/aromatic N) is 2. The molecule has 0 atom stereocenters. The fourth-order valence-corrected chi connectivity index (χ4v) is 3.58. The lowest BCUT2D eigenvalue weighted by Gasteiger charge is -2.15. The first-order valence-corrected chi connectivity index (χ1v) is 9.61. The number of anilines is 3. The van der Waals surface area contributed by atoms with Crippen LogP contribution < -0.4 is 10.0 Å². The van der Waals surface area contributed by atoms with Crippen molar-refractivity contribution >= 4 is 27.1 Å². The molecule has 6 nitrogen and oxygen atoms in total. The van der Waals surface area contributed by atoms with E-state index in [1.807, 2.05) is 0 Å². The summed E-state index contributed by atoms with van der Waals surface area (Å²) in [5.74, 6) is -2.81. The fourth-order valence-electron chi connectivity index (χ4n) is 2.47. The molecule has 0 saturated heterocycles. The molecular weight excluding hydrogens is 393 g/mol. The van der Waals surface area contributed by atoms with E-state index in [0.717, 1.165) is 12.1 Å². The predicted octanol–water partition coefficient (Wildman–Crippen LogP) is 4.00. The van der Waals surface area contributed by atoms with Gasteiger partial charge in [-0.2, -0.15) is 8.42 Å². The van der Waals surface area contributed by atoms with Crippen molar-refractivity contribution in [2.75, 3.05) is 10.0 Å². The lowest BCUT2D eigenvalue weighted by molar-refractivity contribution is 0.512. The number of aromatic nitrogens is 2. The largest absolute Gasteiger partial charge is 0.349 e. The summed E-state index contributed by atoms with van der Waals surface area (Å²) in [6.07, 6.45) is 1.28. The number of aryl methyl sites for hydroxylation is 3. The Morgan fingerprint density at radius 3 is 2.29 bits per heavy atom. The zero-order valence-corrected chi connectivity index (χ0v) is 16.0. The first kappa shape index (κ1) is 19.7. The van der Waals surface area contributed by atoms with Gasteiger partial charge in [-0.1, -0.05) is 6.07 Å². The van der Waals surface area contributed by atoms with Crippen molar-refractivity contribution in [2.45, 2.75) is 18.9 Å². The lowest BCUT2D eigenvalue weighted by atomic mass is 10.2. The second kappa shape index (κ2) is 7.19. The van der Waals surface area contributed by atoms with E-state index in [1.165, 1.54) is 22.9 Å². The molecule has 10 heteroatoms. The van der Waals surface area contributed by atoms with Gasteiger partial charge in [0.05, 0.1) is 11.4 Å². The average molecular weight is 410 g/mol. The Morgan fingerprint density at radius 1 is 1.00 bits per heavy atom. The monoisotopic (exact) mass is 410 g/mol. The van der Waals surface area contributed by atoms with Crippen molar-refractivity contribution < 1.29 is 21.6 Å². The van der Waals surface area contributed by atoms with Crippen molar-refractivity contribution in [2.24, 2.45) is 7.05 Å². The van der Waals surface area contributed by atoms with Crippen LogP contribution in [0.3, 0.4) is 0 Å². The zero-order valence-electron chi connectivity index (χ0n) is 15.2. The molecule has 0 bridgehead atoms. The Balaban J connectivity index is 2.03. The van der Waals surface area contributed by atoms with Crippen molar-refractivity contribution in [1.82, 2.24) is 9.55 Å². The Kier molecular flexibility index (Phi) is 5.07. The lowest BCUT2D eigenvalue weighted by Crippen LogP contribution is -2.15. The number of halogens is 3. The Labute approximate surface area is 160 Å². The minimum atomic E-state index is -4.18. The second-order valence-electron chi connectivity index (χ2n) is 6.23.